The molecule has 2 heterocycles. The molecule has 3 atom stereocenters. The highest BCUT2D eigenvalue weighted by molar-refractivity contribution is 5.95. The molecule has 0 radical (unpaired) electrons. The topological polar surface area (TPSA) is 65.5 Å². The molecule has 2 fully saturated rings. The van der Waals surface area contributed by atoms with E-state index in [2.05, 4.69) is 15.2 Å². The van der Waals surface area contributed by atoms with Crippen LogP contribution in [0, 0.1) is 0 Å². The van der Waals surface area contributed by atoms with Crippen molar-refractivity contribution in [3.63, 3.8) is 0 Å². The predicted molar refractivity (Wildman–Crippen MR) is 92.8 cm³/mol. The van der Waals surface area contributed by atoms with Crippen LogP contribution in [0.2, 0.25) is 0 Å². The number of carbonyl (C=O) groups excluding carboxylic acids is 1. The van der Waals surface area contributed by atoms with Crippen molar-refractivity contribution < 1.29 is 9.90 Å². The van der Waals surface area contributed by atoms with Crippen molar-refractivity contribution in [1.29, 1.82) is 0 Å². The molecule has 0 spiro atoms. The molecule has 24 heavy (non-hydrogen) atoms. The maximum absolute atomic E-state index is 12.5. The number of benzene rings is 1. The van der Waals surface area contributed by atoms with Crippen molar-refractivity contribution in [1.82, 2.24) is 15.2 Å². The van der Waals surface area contributed by atoms with E-state index in [1.165, 1.54) is 12.8 Å². The summed E-state index contributed by atoms with van der Waals surface area (Å²) in [4.78, 5) is 19.3. The lowest BCUT2D eigenvalue weighted by Crippen LogP contribution is -2.47. The van der Waals surface area contributed by atoms with E-state index in [9.17, 15) is 9.90 Å². The van der Waals surface area contributed by atoms with Crippen LogP contribution in [-0.2, 0) is 0 Å². The van der Waals surface area contributed by atoms with Crippen LogP contribution in [0.5, 0.6) is 0 Å². The third-order valence-electron chi connectivity index (χ3n) is 5.34. The van der Waals surface area contributed by atoms with Gasteiger partial charge in [-0.05, 0) is 50.9 Å². The standard InChI is InChI=1S/C19H23N3O2/c23-18-15(9-10-17(18)22-11-3-4-12-22)21-19(24)16-8-7-13-5-1-2-6-14(13)20-16/h1-2,5-8,15,17-18,23H,3-4,9-12H2,(H,21,24)/t15-,17-,18-/m1/s1. The molecule has 2 aromatic rings. The van der Waals surface area contributed by atoms with E-state index in [-0.39, 0.29) is 18.0 Å². The highest BCUT2D eigenvalue weighted by Crippen LogP contribution is 2.27. The quantitative estimate of drug-likeness (QED) is 0.905. The van der Waals surface area contributed by atoms with E-state index >= 15 is 0 Å². The first-order chi connectivity index (χ1) is 11.7. The zero-order chi connectivity index (χ0) is 16.5. The lowest BCUT2D eigenvalue weighted by molar-refractivity contribution is 0.0618. The molecule has 1 saturated carbocycles. The summed E-state index contributed by atoms with van der Waals surface area (Å²) in [7, 11) is 0. The molecular formula is C19H23N3O2. The third kappa shape index (κ3) is 2.89. The van der Waals surface area contributed by atoms with Gasteiger partial charge in [-0.1, -0.05) is 24.3 Å². The molecule has 126 valence electrons. The van der Waals surface area contributed by atoms with Crippen LogP contribution >= 0.6 is 0 Å². The number of nitrogens with zero attached hydrogens (tertiary/aromatic N) is 2. The first-order valence-corrected chi connectivity index (χ1v) is 8.81. The number of nitrogens with one attached hydrogen (secondary N) is 1. The van der Waals surface area contributed by atoms with Gasteiger partial charge in [-0.2, -0.15) is 0 Å². The molecule has 1 saturated heterocycles. The number of amides is 1. The monoisotopic (exact) mass is 325 g/mol. The molecule has 5 nitrogen and oxygen atoms in total. The van der Waals surface area contributed by atoms with Crippen LogP contribution in [0.4, 0.5) is 0 Å². The van der Waals surface area contributed by atoms with Crippen molar-refractivity contribution in [2.24, 2.45) is 0 Å². The molecule has 2 aliphatic rings. The fraction of sp³-hybridized carbons (Fsp3) is 0.474. The summed E-state index contributed by atoms with van der Waals surface area (Å²) in [6.07, 6.45) is 3.69. The average molecular weight is 325 g/mol. The van der Waals surface area contributed by atoms with Gasteiger partial charge in [0.15, 0.2) is 0 Å². The molecule has 0 unspecified atom stereocenters. The number of para-hydroxylation sites is 1. The van der Waals surface area contributed by atoms with Gasteiger partial charge in [0, 0.05) is 11.4 Å². The van der Waals surface area contributed by atoms with Gasteiger partial charge in [0.25, 0.3) is 5.91 Å². The van der Waals surface area contributed by atoms with Crippen molar-refractivity contribution in [2.75, 3.05) is 13.1 Å². The maximum Gasteiger partial charge on any atom is 0.270 e. The van der Waals surface area contributed by atoms with E-state index in [4.69, 9.17) is 0 Å². The van der Waals surface area contributed by atoms with E-state index in [1.54, 1.807) is 6.07 Å². The smallest absolute Gasteiger partial charge is 0.270 e. The van der Waals surface area contributed by atoms with E-state index in [1.807, 2.05) is 30.3 Å². The zero-order valence-corrected chi connectivity index (χ0v) is 13.7. The Hall–Kier alpha value is -1.98. The number of likely N-dealkylation sites (tertiary alicyclic amines) is 1. The Morgan fingerprint density at radius 2 is 1.92 bits per heavy atom. The highest BCUT2D eigenvalue weighted by Gasteiger charge is 2.39. The molecule has 0 bridgehead atoms. The Balaban J connectivity index is 1.45. The Bertz CT molecular complexity index is 742. The fourth-order valence-corrected chi connectivity index (χ4v) is 4.02. The number of rotatable bonds is 3. The average Bonchev–Trinajstić information content (AvgIpc) is 3.25. The molecule has 5 heteroatoms. The fourth-order valence-electron chi connectivity index (χ4n) is 4.02. The molecule has 1 amide bonds. The van der Waals surface area contributed by atoms with Crippen LogP contribution in [0.1, 0.15) is 36.2 Å². The summed E-state index contributed by atoms with van der Waals surface area (Å²) >= 11 is 0. The van der Waals surface area contributed by atoms with Crippen LogP contribution < -0.4 is 5.32 Å². The Morgan fingerprint density at radius 3 is 2.75 bits per heavy atom. The Kier molecular flexibility index (Phi) is 4.21. The molecular weight excluding hydrogens is 302 g/mol. The number of aliphatic hydroxyl groups excluding tert-OH is 1. The summed E-state index contributed by atoms with van der Waals surface area (Å²) in [5, 5.41) is 14.6. The lowest BCUT2D eigenvalue weighted by Gasteiger charge is -2.28. The van der Waals surface area contributed by atoms with Gasteiger partial charge in [0.05, 0.1) is 17.7 Å². The zero-order valence-electron chi connectivity index (χ0n) is 13.7. The van der Waals surface area contributed by atoms with Gasteiger partial charge in [-0.3, -0.25) is 9.69 Å². The van der Waals surface area contributed by atoms with Crippen molar-refractivity contribution in [2.45, 2.75) is 43.9 Å². The highest BCUT2D eigenvalue weighted by atomic mass is 16.3. The largest absolute Gasteiger partial charge is 0.389 e. The molecule has 1 aliphatic heterocycles. The normalized spacial score (nSPS) is 27.6. The SMILES string of the molecule is O=C(N[C@@H]1CC[C@@H](N2CCCC2)[C@@H]1O)c1ccc2ccccc2n1. The number of hydrogen-bond donors (Lipinski definition) is 2. The molecule has 2 N–H and O–H groups in total. The van der Waals surface area contributed by atoms with Gasteiger partial charge < -0.3 is 10.4 Å². The van der Waals surface area contributed by atoms with Gasteiger partial charge in [0.2, 0.25) is 0 Å². The minimum Gasteiger partial charge on any atom is -0.389 e. The lowest BCUT2D eigenvalue weighted by atomic mass is 10.1. The van der Waals surface area contributed by atoms with Crippen LogP contribution in [-0.4, -0.2) is 52.2 Å². The van der Waals surface area contributed by atoms with Crippen LogP contribution in [0.3, 0.4) is 0 Å². The first kappa shape index (κ1) is 15.5. The summed E-state index contributed by atoms with van der Waals surface area (Å²) in [6, 6.07) is 11.4. The summed E-state index contributed by atoms with van der Waals surface area (Å²) in [5.74, 6) is -0.202. The van der Waals surface area contributed by atoms with Crippen molar-refractivity contribution in [3.05, 3.63) is 42.1 Å². The van der Waals surface area contributed by atoms with Gasteiger partial charge in [0.1, 0.15) is 5.69 Å². The van der Waals surface area contributed by atoms with Gasteiger partial charge in [-0.15, -0.1) is 0 Å². The maximum atomic E-state index is 12.5. The summed E-state index contributed by atoms with van der Waals surface area (Å²) < 4.78 is 0. The summed E-state index contributed by atoms with van der Waals surface area (Å²) in [6.45, 7) is 2.13. The van der Waals surface area contributed by atoms with Gasteiger partial charge in [-0.25, -0.2) is 4.98 Å². The van der Waals surface area contributed by atoms with Crippen LogP contribution in [0.15, 0.2) is 36.4 Å². The predicted octanol–water partition coefficient (Wildman–Crippen LogP) is 1.95. The van der Waals surface area contributed by atoms with E-state index in [0.717, 1.165) is 36.8 Å². The number of fused-ring (bicyclic) bond motifs is 1. The second-order valence-electron chi connectivity index (χ2n) is 6.85. The number of hydrogen-bond acceptors (Lipinski definition) is 4. The first-order valence-electron chi connectivity index (χ1n) is 8.81. The second kappa shape index (κ2) is 6.49. The third-order valence-corrected chi connectivity index (χ3v) is 5.34. The van der Waals surface area contributed by atoms with E-state index < -0.39 is 6.10 Å². The number of aliphatic hydroxyl groups is 1. The van der Waals surface area contributed by atoms with Crippen LogP contribution in [0.25, 0.3) is 10.9 Å². The number of aromatic nitrogens is 1. The number of pyridine rings is 1. The van der Waals surface area contributed by atoms with Gasteiger partial charge >= 0.3 is 0 Å². The minimum absolute atomic E-state index is 0.183. The van der Waals surface area contributed by atoms with Crippen molar-refractivity contribution in [3.8, 4) is 0 Å². The number of carbonyl (C=O) groups is 1. The molecule has 4 rings (SSSR count). The Labute approximate surface area is 141 Å². The van der Waals surface area contributed by atoms with Crippen molar-refractivity contribution >= 4 is 16.8 Å². The molecule has 1 aromatic carbocycles. The minimum atomic E-state index is -0.493. The molecule has 1 aromatic heterocycles. The van der Waals surface area contributed by atoms with E-state index in [0.29, 0.717) is 5.69 Å². The Morgan fingerprint density at radius 1 is 1.12 bits per heavy atom. The second-order valence-corrected chi connectivity index (χ2v) is 6.85. The molecule has 1 aliphatic carbocycles. The summed E-state index contributed by atoms with van der Waals surface area (Å²) in [5.41, 5.74) is 1.22.